The maximum absolute atomic E-state index is 9.13. The number of hydrogen-bond acceptors (Lipinski definition) is 3. The predicted octanol–water partition coefficient (Wildman–Crippen LogP) is 4.49. The molecule has 0 atom stereocenters. The van der Waals surface area contributed by atoms with Gasteiger partial charge in [0.25, 0.3) is 0 Å². The fourth-order valence-corrected chi connectivity index (χ4v) is 4.26. The van der Waals surface area contributed by atoms with Crippen LogP contribution in [0.3, 0.4) is 0 Å². The maximum Gasteiger partial charge on any atom is 0.126 e. The quantitative estimate of drug-likeness (QED) is 0.755. The van der Waals surface area contributed by atoms with Crippen molar-refractivity contribution in [3.8, 4) is 11.8 Å². The number of thioether (sulfide) groups is 1. The smallest absolute Gasteiger partial charge is 0.126 e. The average molecular weight is 401 g/mol. The first-order chi connectivity index (χ1) is 8.99. The zero-order chi connectivity index (χ0) is 14.2. The highest BCUT2D eigenvalue weighted by Gasteiger charge is 2.16. The molecule has 1 aromatic heterocycles. The first kappa shape index (κ1) is 14.5. The molecule has 1 heterocycles. The Morgan fingerprint density at radius 2 is 2.05 bits per heavy atom. The van der Waals surface area contributed by atoms with Gasteiger partial charge in [-0.25, -0.2) is 0 Å². The van der Waals surface area contributed by atoms with E-state index in [2.05, 4.69) is 37.9 Å². The molecule has 2 N–H and O–H groups in total. The van der Waals surface area contributed by atoms with Crippen molar-refractivity contribution in [3.63, 3.8) is 0 Å². The highest BCUT2D eigenvalue weighted by molar-refractivity contribution is 9.11. The lowest BCUT2D eigenvalue weighted by molar-refractivity contribution is 1.04. The molecule has 0 bridgehead atoms. The van der Waals surface area contributed by atoms with Gasteiger partial charge in [0, 0.05) is 20.0 Å². The van der Waals surface area contributed by atoms with Gasteiger partial charge in [-0.1, -0.05) is 15.9 Å². The van der Waals surface area contributed by atoms with Crippen molar-refractivity contribution in [3.05, 3.63) is 38.4 Å². The van der Waals surface area contributed by atoms with E-state index in [1.54, 1.807) is 11.8 Å². The topological polar surface area (TPSA) is 54.7 Å². The number of nitrogens with zero attached hydrogens (tertiary/aromatic N) is 2. The molecule has 2 rings (SSSR count). The normalized spacial score (nSPS) is 10.5. The molecule has 98 valence electrons. The van der Waals surface area contributed by atoms with Gasteiger partial charge in [-0.3, -0.25) is 0 Å². The first-order valence-electron chi connectivity index (χ1n) is 5.40. The third-order valence-electron chi connectivity index (χ3n) is 2.80. The highest BCUT2D eigenvalue weighted by atomic mass is 79.9. The van der Waals surface area contributed by atoms with Crippen molar-refractivity contribution in [2.24, 2.45) is 0 Å². The summed E-state index contributed by atoms with van der Waals surface area (Å²) in [5.74, 6) is 0.471. The number of nitrogen functional groups attached to an aromatic ring is 1. The molecule has 0 aliphatic carbocycles. The van der Waals surface area contributed by atoms with E-state index in [1.165, 1.54) is 0 Å². The largest absolute Gasteiger partial charge is 0.384 e. The number of hydrogen-bond donors (Lipinski definition) is 1. The van der Waals surface area contributed by atoms with Crippen molar-refractivity contribution < 1.29 is 0 Å². The minimum absolute atomic E-state index is 0.471. The molecule has 0 saturated carbocycles. The fourth-order valence-electron chi connectivity index (χ4n) is 1.91. The summed E-state index contributed by atoms with van der Waals surface area (Å²) in [5, 5.41) is 9.13. The number of nitrogens with two attached hydrogens (primary N) is 1. The van der Waals surface area contributed by atoms with E-state index < -0.39 is 0 Å². The van der Waals surface area contributed by atoms with Gasteiger partial charge in [-0.05, 0) is 46.8 Å². The second kappa shape index (κ2) is 5.61. The molecule has 0 fully saturated rings. The Hall–Kier alpha value is -0.900. The lowest BCUT2D eigenvalue weighted by Gasteiger charge is -2.13. The lowest BCUT2D eigenvalue weighted by atomic mass is 10.2. The zero-order valence-corrected chi connectivity index (χ0v) is 14.4. The summed E-state index contributed by atoms with van der Waals surface area (Å²) in [6.07, 6.45) is 3.90. The molecule has 0 saturated heterocycles. The Morgan fingerprint density at radius 3 is 2.58 bits per heavy atom. The van der Waals surface area contributed by atoms with E-state index in [0.29, 0.717) is 11.4 Å². The molecular formula is C13H11Br2N3S. The second-order valence-corrected chi connectivity index (χ2v) is 6.61. The maximum atomic E-state index is 9.13. The van der Waals surface area contributed by atoms with Crippen LogP contribution in [0.5, 0.6) is 0 Å². The van der Waals surface area contributed by atoms with Crippen molar-refractivity contribution >= 4 is 49.4 Å². The molecule has 2 aromatic rings. The average Bonchev–Trinajstić information content (AvgIpc) is 2.63. The van der Waals surface area contributed by atoms with E-state index in [-0.39, 0.29) is 0 Å². The highest BCUT2D eigenvalue weighted by Crippen LogP contribution is 2.37. The van der Waals surface area contributed by atoms with E-state index in [1.807, 2.05) is 36.1 Å². The van der Waals surface area contributed by atoms with Gasteiger partial charge in [0.15, 0.2) is 0 Å². The van der Waals surface area contributed by atoms with Crippen molar-refractivity contribution in [1.29, 1.82) is 5.26 Å². The number of nitriles is 1. The monoisotopic (exact) mass is 399 g/mol. The third kappa shape index (κ3) is 2.55. The van der Waals surface area contributed by atoms with Crippen LogP contribution in [-0.2, 0) is 0 Å². The van der Waals surface area contributed by atoms with Gasteiger partial charge >= 0.3 is 0 Å². The van der Waals surface area contributed by atoms with Crippen LogP contribution in [0, 0.1) is 18.3 Å². The van der Waals surface area contributed by atoms with Crippen LogP contribution < -0.4 is 5.73 Å². The number of rotatable bonds is 2. The predicted molar refractivity (Wildman–Crippen MR) is 86.8 cm³/mol. The minimum Gasteiger partial charge on any atom is -0.384 e. The van der Waals surface area contributed by atoms with Crippen LogP contribution in [0.2, 0.25) is 0 Å². The molecule has 19 heavy (non-hydrogen) atoms. The van der Waals surface area contributed by atoms with Crippen LogP contribution in [0.1, 0.15) is 11.1 Å². The molecule has 0 aliphatic heterocycles. The van der Waals surface area contributed by atoms with Gasteiger partial charge in [0.2, 0.25) is 0 Å². The van der Waals surface area contributed by atoms with Gasteiger partial charge in [-0.2, -0.15) is 5.26 Å². The molecule has 0 amide bonds. The SMILES string of the molecule is CSc1cc(Br)cc(Br)c1-n1cc(C)c(C#N)c1N. The minimum atomic E-state index is 0.471. The summed E-state index contributed by atoms with van der Waals surface area (Å²) in [4.78, 5) is 1.08. The molecular weight excluding hydrogens is 390 g/mol. The second-order valence-electron chi connectivity index (χ2n) is 3.99. The summed E-state index contributed by atoms with van der Waals surface area (Å²) < 4.78 is 3.78. The van der Waals surface area contributed by atoms with Gasteiger partial charge in [0.05, 0.1) is 11.3 Å². The molecule has 0 spiro atoms. The number of benzene rings is 1. The molecule has 3 nitrogen and oxygen atoms in total. The Balaban J connectivity index is 2.76. The van der Waals surface area contributed by atoms with Crippen LogP contribution in [0.4, 0.5) is 5.82 Å². The van der Waals surface area contributed by atoms with Crippen LogP contribution in [0.25, 0.3) is 5.69 Å². The van der Waals surface area contributed by atoms with E-state index >= 15 is 0 Å². The van der Waals surface area contributed by atoms with Crippen molar-refractivity contribution in [2.45, 2.75) is 11.8 Å². The standard InChI is InChI=1S/C13H11Br2N3S/c1-7-6-18(13(17)9(7)5-16)12-10(15)3-8(14)4-11(12)19-2/h3-4,6H,17H2,1-2H3. The number of aromatic nitrogens is 1. The van der Waals surface area contributed by atoms with Crippen molar-refractivity contribution in [1.82, 2.24) is 4.57 Å². The van der Waals surface area contributed by atoms with Gasteiger partial charge < -0.3 is 10.3 Å². The number of aryl methyl sites for hydroxylation is 1. The van der Waals surface area contributed by atoms with E-state index in [9.17, 15) is 0 Å². The lowest BCUT2D eigenvalue weighted by Crippen LogP contribution is -2.02. The Bertz CT molecular complexity index is 686. The van der Waals surface area contributed by atoms with E-state index in [0.717, 1.165) is 25.1 Å². The third-order valence-corrected chi connectivity index (χ3v) is 4.61. The number of halogens is 2. The van der Waals surface area contributed by atoms with Gasteiger partial charge in [-0.15, -0.1) is 11.8 Å². The summed E-state index contributed by atoms with van der Waals surface area (Å²) in [6, 6.07) is 6.15. The fraction of sp³-hybridized carbons (Fsp3) is 0.154. The summed E-state index contributed by atoms with van der Waals surface area (Å²) >= 11 is 8.67. The molecule has 0 aliphatic rings. The summed E-state index contributed by atoms with van der Waals surface area (Å²) in [5.41, 5.74) is 8.44. The molecule has 6 heteroatoms. The van der Waals surface area contributed by atoms with Crippen LogP contribution in [-0.4, -0.2) is 10.8 Å². The zero-order valence-electron chi connectivity index (χ0n) is 10.4. The summed E-state index contributed by atoms with van der Waals surface area (Å²) in [6.45, 7) is 1.89. The Morgan fingerprint density at radius 1 is 1.37 bits per heavy atom. The summed E-state index contributed by atoms with van der Waals surface area (Å²) in [7, 11) is 0. The Labute approximate surface area is 133 Å². The number of anilines is 1. The molecule has 0 radical (unpaired) electrons. The van der Waals surface area contributed by atoms with Crippen LogP contribution >= 0.6 is 43.6 Å². The molecule has 0 unspecified atom stereocenters. The first-order valence-corrected chi connectivity index (χ1v) is 8.21. The molecule has 1 aromatic carbocycles. The van der Waals surface area contributed by atoms with Crippen LogP contribution in [0.15, 0.2) is 32.2 Å². The van der Waals surface area contributed by atoms with Gasteiger partial charge in [0.1, 0.15) is 11.9 Å². The Kier molecular flexibility index (Phi) is 4.29. The van der Waals surface area contributed by atoms with E-state index in [4.69, 9.17) is 11.0 Å². The van der Waals surface area contributed by atoms with Crippen molar-refractivity contribution in [2.75, 3.05) is 12.0 Å².